The molecule has 6 aromatic rings. The summed E-state index contributed by atoms with van der Waals surface area (Å²) >= 11 is 1.64. The summed E-state index contributed by atoms with van der Waals surface area (Å²) in [6.07, 6.45) is 3.12. The lowest BCUT2D eigenvalue weighted by Crippen LogP contribution is -2.51. The fraction of sp³-hybridized carbons (Fsp3) is 0.425. The van der Waals surface area contributed by atoms with Crippen LogP contribution in [0.5, 0.6) is 0 Å². The van der Waals surface area contributed by atoms with E-state index in [1.54, 1.807) is 16.2 Å². The molecule has 292 valence electrons. The Hall–Kier alpha value is -5.77. The number of carbonyl (C=O) groups excluding carboxylic acids is 3. The highest BCUT2D eigenvalue weighted by Gasteiger charge is 2.39. The number of hydrogen-bond donors (Lipinski definition) is 5. The average Bonchev–Trinajstić information content (AvgIpc) is 4.02. The molecular formula is C40H45N9O6S. The number of nitrogens with zero attached hydrogens (tertiary/aromatic N) is 5. The molecule has 2 aliphatic rings. The van der Waals surface area contributed by atoms with Crippen LogP contribution >= 0.6 is 11.3 Å². The second kappa shape index (κ2) is 14.7. The van der Waals surface area contributed by atoms with Crippen LogP contribution in [-0.2, 0) is 14.3 Å². The maximum atomic E-state index is 13.7. The molecule has 6 heterocycles. The summed E-state index contributed by atoms with van der Waals surface area (Å²) in [6, 6.07) is 10.3. The van der Waals surface area contributed by atoms with Gasteiger partial charge in [-0.3, -0.25) is 14.6 Å². The van der Waals surface area contributed by atoms with Crippen molar-refractivity contribution in [3.05, 3.63) is 54.2 Å². The molecule has 8 rings (SSSR count). The number of pyridine rings is 1. The molecule has 4 amide bonds. The van der Waals surface area contributed by atoms with Gasteiger partial charge in [-0.15, -0.1) is 11.3 Å². The number of likely N-dealkylation sites (tertiary alicyclic amines) is 2. The van der Waals surface area contributed by atoms with Crippen LogP contribution in [0.2, 0.25) is 0 Å². The number of fused-ring (bicyclic) bond motifs is 6. The van der Waals surface area contributed by atoms with Crippen LogP contribution in [0.15, 0.2) is 42.6 Å². The minimum Gasteiger partial charge on any atom is -0.465 e. The smallest absolute Gasteiger partial charge is 0.407 e. The summed E-state index contributed by atoms with van der Waals surface area (Å²) in [5.74, 6) is 0.671. The van der Waals surface area contributed by atoms with Gasteiger partial charge in [-0.25, -0.2) is 19.6 Å². The van der Waals surface area contributed by atoms with E-state index in [4.69, 9.17) is 19.7 Å². The zero-order valence-corrected chi connectivity index (χ0v) is 32.7. The zero-order chi connectivity index (χ0) is 39.4. The van der Waals surface area contributed by atoms with Gasteiger partial charge in [0.25, 0.3) is 0 Å². The Morgan fingerprint density at radius 1 is 0.804 bits per heavy atom. The molecule has 16 heteroatoms. The van der Waals surface area contributed by atoms with E-state index in [1.165, 1.54) is 7.11 Å². The summed E-state index contributed by atoms with van der Waals surface area (Å²) in [4.78, 5) is 77.2. The number of H-pyrrole nitrogens is 2. The van der Waals surface area contributed by atoms with Gasteiger partial charge in [-0.1, -0.05) is 39.8 Å². The summed E-state index contributed by atoms with van der Waals surface area (Å²) in [7, 11) is 1.29. The average molecular weight is 780 g/mol. The minimum absolute atomic E-state index is 0.121. The third-order valence-electron chi connectivity index (χ3n) is 11.1. The SMILES string of the molecule is COC(=O)N[C@H](C(=O)N1CCC[C@H]1c1nc2c(ccc3cc(-c4cnc5c(ccc6[nH]c([C@@H]7CCCN7C(=O)[C@@H](NC(=O)O)C(C)C)nc65)c4)sc32)[nH]1)C(C)C. The number of carboxylic acid groups (broad SMARTS) is 1. The van der Waals surface area contributed by atoms with Crippen LogP contribution in [0.25, 0.3) is 53.5 Å². The molecule has 0 radical (unpaired) electrons. The van der Waals surface area contributed by atoms with Gasteiger partial charge >= 0.3 is 12.2 Å². The number of thiophene rings is 1. The molecule has 2 aromatic carbocycles. The number of nitrogens with one attached hydrogen (secondary N) is 4. The number of alkyl carbamates (subject to hydrolysis) is 1. The first-order valence-corrected chi connectivity index (χ1v) is 19.9. The number of aromatic nitrogens is 5. The summed E-state index contributed by atoms with van der Waals surface area (Å²) in [5, 5.41) is 16.4. The van der Waals surface area contributed by atoms with Crippen molar-refractivity contribution in [3.8, 4) is 10.4 Å². The first-order valence-electron chi connectivity index (χ1n) is 19.1. The molecule has 5 N–H and O–H groups in total. The second-order valence-corrected chi connectivity index (χ2v) is 16.5. The quantitative estimate of drug-likeness (QED) is 0.104. The van der Waals surface area contributed by atoms with Crippen molar-refractivity contribution in [1.82, 2.24) is 45.4 Å². The summed E-state index contributed by atoms with van der Waals surface area (Å²) in [5.41, 5.74) is 4.98. The van der Waals surface area contributed by atoms with Gasteiger partial charge in [0, 0.05) is 35.1 Å². The number of ether oxygens (including phenoxy) is 1. The largest absolute Gasteiger partial charge is 0.465 e. The Labute approximate surface area is 326 Å². The van der Waals surface area contributed by atoms with Gasteiger partial charge in [0.15, 0.2) is 0 Å². The number of rotatable bonds is 9. The van der Waals surface area contributed by atoms with Crippen LogP contribution in [0.3, 0.4) is 0 Å². The number of hydrogen-bond acceptors (Lipinski definition) is 9. The monoisotopic (exact) mass is 779 g/mol. The number of amides is 4. The molecule has 2 saturated heterocycles. The Morgan fingerprint density at radius 2 is 1.38 bits per heavy atom. The number of aromatic amines is 2. The third kappa shape index (κ3) is 6.65. The first kappa shape index (κ1) is 37.2. The van der Waals surface area contributed by atoms with Gasteiger partial charge in [0.05, 0.1) is 40.4 Å². The van der Waals surface area contributed by atoms with E-state index in [9.17, 15) is 24.3 Å². The lowest BCUT2D eigenvalue weighted by Gasteiger charge is -2.29. The van der Waals surface area contributed by atoms with Gasteiger partial charge < -0.3 is 40.2 Å². The van der Waals surface area contributed by atoms with Crippen molar-refractivity contribution < 1.29 is 29.0 Å². The number of carbonyl (C=O) groups is 4. The number of benzene rings is 2. The second-order valence-electron chi connectivity index (χ2n) is 15.4. The maximum absolute atomic E-state index is 13.7. The molecule has 0 spiro atoms. The highest BCUT2D eigenvalue weighted by Crippen LogP contribution is 2.40. The van der Waals surface area contributed by atoms with E-state index in [2.05, 4.69) is 38.8 Å². The van der Waals surface area contributed by atoms with Crippen LogP contribution in [0.1, 0.15) is 77.1 Å². The van der Waals surface area contributed by atoms with E-state index in [1.807, 2.05) is 57.0 Å². The predicted octanol–water partition coefficient (Wildman–Crippen LogP) is 6.87. The molecule has 56 heavy (non-hydrogen) atoms. The van der Waals surface area contributed by atoms with Gasteiger partial charge in [0.1, 0.15) is 34.8 Å². The molecule has 2 fully saturated rings. The number of methoxy groups -OCH3 is 1. The lowest BCUT2D eigenvalue weighted by atomic mass is 10.0. The van der Waals surface area contributed by atoms with E-state index in [0.717, 1.165) is 85.0 Å². The molecule has 0 saturated carbocycles. The van der Waals surface area contributed by atoms with Crippen molar-refractivity contribution in [3.63, 3.8) is 0 Å². The van der Waals surface area contributed by atoms with Crippen molar-refractivity contribution >= 4 is 78.4 Å². The highest BCUT2D eigenvalue weighted by molar-refractivity contribution is 7.23. The van der Waals surface area contributed by atoms with E-state index in [0.29, 0.717) is 18.9 Å². The van der Waals surface area contributed by atoms with Crippen molar-refractivity contribution in [2.75, 3.05) is 20.2 Å². The lowest BCUT2D eigenvalue weighted by molar-refractivity contribution is -0.136. The molecule has 0 aliphatic carbocycles. The van der Waals surface area contributed by atoms with Gasteiger partial charge in [0.2, 0.25) is 11.8 Å². The summed E-state index contributed by atoms with van der Waals surface area (Å²) in [6.45, 7) is 8.57. The normalized spacial score (nSPS) is 18.5. The third-order valence-corrected chi connectivity index (χ3v) is 12.3. The van der Waals surface area contributed by atoms with Crippen molar-refractivity contribution in [2.45, 2.75) is 77.5 Å². The van der Waals surface area contributed by atoms with Gasteiger partial charge in [-0.05, 0) is 67.2 Å². The molecule has 15 nitrogen and oxygen atoms in total. The predicted molar refractivity (Wildman–Crippen MR) is 213 cm³/mol. The van der Waals surface area contributed by atoms with Crippen LogP contribution < -0.4 is 10.6 Å². The number of imidazole rings is 2. The fourth-order valence-corrected chi connectivity index (χ4v) is 9.33. The minimum atomic E-state index is -1.22. The summed E-state index contributed by atoms with van der Waals surface area (Å²) < 4.78 is 5.82. The van der Waals surface area contributed by atoms with Crippen molar-refractivity contribution in [2.24, 2.45) is 11.8 Å². The van der Waals surface area contributed by atoms with E-state index in [-0.39, 0.29) is 35.7 Å². The molecule has 0 unspecified atom stereocenters. The Balaban J connectivity index is 1.07. The highest BCUT2D eigenvalue weighted by atomic mass is 32.1. The van der Waals surface area contributed by atoms with Crippen LogP contribution in [-0.4, -0.2) is 96.1 Å². The molecule has 4 atom stereocenters. The zero-order valence-electron chi connectivity index (χ0n) is 31.9. The molecule has 4 aromatic heterocycles. The fourth-order valence-electron chi connectivity index (χ4n) is 8.20. The van der Waals surface area contributed by atoms with Crippen LogP contribution in [0.4, 0.5) is 9.59 Å². The maximum Gasteiger partial charge on any atom is 0.407 e. The van der Waals surface area contributed by atoms with E-state index >= 15 is 0 Å². The van der Waals surface area contributed by atoms with E-state index < -0.39 is 24.3 Å². The van der Waals surface area contributed by atoms with Crippen molar-refractivity contribution in [1.29, 1.82) is 0 Å². The van der Waals surface area contributed by atoms with Crippen LogP contribution in [0, 0.1) is 11.8 Å². The molecule has 0 bridgehead atoms. The molecular weight excluding hydrogens is 735 g/mol. The Kier molecular flexibility index (Phi) is 9.76. The topological polar surface area (TPSA) is 199 Å². The Bertz CT molecular complexity index is 2510. The van der Waals surface area contributed by atoms with Gasteiger partial charge in [-0.2, -0.15) is 0 Å². The Morgan fingerprint density at radius 3 is 1.96 bits per heavy atom. The molecule has 2 aliphatic heterocycles. The standard InChI is InChI=1S/C40H45N9O6S/c1-19(2)29(46-39(52)53)37(50)48-14-6-8-26(48)35-42-24-12-10-21-16-23(18-41-31(21)32(24)44-35)28-17-22-11-13-25-33(34(22)56-28)45-36(43-25)27-9-7-15-49(27)38(51)30(20(3)4)47-40(54)55-5/h10-13,16-20,26-27,29-30,46H,6-9,14-15H2,1-5H3,(H,42,44)(H,43,45)(H,47,54)(H,52,53)/t26-,27-,29-,30-/m0/s1. The first-order chi connectivity index (χ1) is 26.9.